The molecule has 2 aromatic rings. The molecular formula is C14H13F2NO2. The van der Waals surface area contributed by atoms with Crippen LogP contribution < -0.4 is 15.2 Å². The Morgan fingerprint density at radius 1 is 1.05 bits per heavy atom. The van der Waals surface area contributed by atoms with E-state index in [1.807, 2.05) is 0 Å². The first kappa shape index (κ1) is 13.1. The number of methoxy groups -OCH3 is 1. The van der Waals surface area contributed by atoms with Crippen LogP contribution in [0.5, 0.6) is 11.5 Å². The fraction of sp³-hybridized carbons (Fsp3) is 0.143. The fourth-order valence-electron chi connectivity index (χ4n) is 1.68. The van der Waals surface area contributed by atoms with Crippen molar-refractivity contribution in [3.8, 4) is 11.5 Å². The molecule has 0 aliphatic carbocycles. The summed E-state index contributed by atoms with van der Waals surface area (Å²) in [5.41, 5.74) is 6.93. The van der Waals surface area contributed by atoms with E-state index in [2.05, 4.69) is 0 Å². The maximum atomic E-state index is 13.0. The second-order valence-electron chi connectivity index (χ2n) is 3.97. The minimum absolute atomic E-state index is 0.108. The Labute approximate surface area is 109 Å². The van der Waals surface area contributed by atoms with E-state index < -0.39 is 11.6 Å². The Hall–Kier alpha value is -2.30. The van der Waals surface area contributed by atoms with E-state index in [-0.39, 0.29) is 12.4 Å². The van der Waals surface area contributed by atoms with Crippen molar-refractivity contribution in [2.45, 2.75) is 6.61 Å². The molecule has 2 aromatic carbocycles. The molecule has 0 spiro atoms. The van der Waals surface area contributed by atoms with Gasteiger partial charge in [-0.2, -0.15) is 0 Å². The Morgan fingerprint density at radius 2 is 1.74 bits per heavy atom. The summed E-state index contributed by atoms with van der Waals surface area (Å²) in [6, 6.07) is 8.11. The number of hydrogen-bond donors (Lipinski definition) is 1. The summed E-state index contributed by atoms with van der Waals surface area (Å²) in [7, 11) is 1.52. The van der Waals surface area contributed by atoms with Crippen molar-refractivity contribution >= 4 is 5.69 Å². The van der Waals surface area contributed by atoms with E-state index in [4.69, 9.17) is 15.2 Å². The predicted octanol–water partition coefficient (Wildman–Crippen LogP) is 3.13. The van der Waals surface area contributed by atoms with Gasteiger partial charge in [0.15, 0.2) is 0 Å². The van der Waals surface area contributed by atoms with Crippen molar-refractivity contribution in [2.24, 2.45) is 0 Å². The number of halogens is 2. The van der Waals surface area contributed by atoms with Gasteiger partial charge in [0, 0.05) is 29.4 Å². The van der Waals surface area contributed by atoms with Crippen LogP contribution in [0, 0.1) is 11.6 Å². The number of anilines is 1. The van der Waals surface area contributed by atoms with Gasteiger partial charge < -0.3 is 15.2 Å². The molecule has 100 valence electrons. The van der Waals surface area contributed by atoms with E-state index >= 15 is 0 Å². The van der Waals surface area contributed by atoms with Crippen LogP contribution in [0.1, 0.15) is 5.56 Å². The molecule has 0 aromatic heterocycles. The van der Waals surface area contributed by atoms with Gasteiger partial charge in [0.25, 0.3) is 0 Å². The van der Waals surface area contributed by atoms with Gasteiger partial charge in [0.1, 0.15) is 29.7 Å². The third kappa shape index (κ3) is 3.34. The molecule has 0 fully saturated rings. The summed E-state index contributed by atoms with van der Waals surface area (Å²) in [6.07, 6.45) is 0. The van der Waals surface area contributed by atoms with Gasteiger partial charge in [0.2, 0.25) is 0 Å². The smallest absolute Gasteiger partial charge is 0.129 e. The molecule has 3 nitrogen and oxygen atoms in total. The molecule has 2 N–H and O–H groups in total. The second-order valence-corrected chi connectivity index (χ2v) is 3.97. The van der Waals surface area contributed by atoms with Crippen molar-refractivity contribution in [3.63, 3.8) is 0 Å². The van der Waals surface area contributed by atoms with Crippen LogP contribution in [0.25, 0.3) is 0 Å². The fourth-order valence-corrected chi connectivity index (χ4v) is 1.68. The van der Waals surface area contributed by atoms with Crippen molar-refractivity contribution in [1.29, 1.82) is 0 Å². The third-order valence-electron chi connectivity index (χ3n) is 2.53. The number of benzene rings is 2. The Morgan fingerprint density at radius 3 is 2.37 bits per heavy atom. The van der Waals surface area contributed by atoms with E-state index in [9.17, 15) is 8.78 Å². The first-order valence-electron chi connectivity index (χ1n) is 5.60. The van der Waals surface area contributed by atoms with Crippen LogP contribution >= 0.6 is 0 Å². The first-order valence-corrected chi connectivity index (χ1v) is 5.60. The molecule has 0 atom stereocenters. The molecule has 2 rings (SSSR count). The lowest BCUT2D eigenvalue weighted by Gasteiger charge is -2.11. The molecular weight excluding hydrogens is 252 g/mol. The normalized spacial score (nSPS) is 10.3. The SMILES string of the molecule is COc1ccc(N)cc1COc1cc(F)cc(F)c1. The highest BCUT2D eigenvalue weighted by Crippen LogP contribution is 2.23. The Kier molecular flexibility index (Phi) is 3.85. The van der Waals surface area contributed by atoms with Crippen molar-refractivity contribution in [1.82, 2.24) is 0 Å². The predicted molar refractivity (Wildman–Crippen MR) is 68.1 cm³/mol. The van der Waals surface area contributed by atoms with Crippen molar-refractivity contribution in [3.05, 3.63) is 53.6 Å². The standard InChI is InChI=1S/C14H13F2NO2/c1-18-14-3-2-12(17)4-9(14)8-19-13-6-10(15)5-11(16)7-13/h2-7H,8,17H2,1H3. The summed E-state index contributed by atoms with van der Waals surface area (Å²) in [6.45, 7) is 0.108. The quantitative estimate of drug-likeness (QED) is 0.864. The minimum atomic E-state index is -0.686. The van der Waals surface area contributed by atoms with Crippen LogP contribution in [0.3, 0.4) is 0 Å². The molecule has 0 radical (unpaired) electrons. The van der Waals surface area contributed by atoms with Crippen LogP contribution in [0.2, 0.25) is 0 Å². The highest BCUT2D eigenvalue weighted by Gasteiger charge is 2.06. The monoisotopic (exact) mass is 265 g/mol. The molecule has 0 saturated heterocycles. The largest absolute Gasteiger partial charge is 0.496 e. The zero-order chi connectivity index (χ0) is 13.8. The van der Waals surface area contributed by atoms with Gasteiger partial charge in [-0.15, -0.1) is 0 Å². The van der Waals surface area contributed by atoms with E-state index in [1.165, 1.54) is 7.11 Å². The highest BCUT2D eigenvalue weighted by atomic mass is 19.1. The number of hydrogen-bond acceptors (Lipinski definition) is 3. The van der Waals surface area contributed by atoms with Gasteiger partial charge in [-0.05, 0) is 18.2 Å². The number of ether oxygens (including phenoxy) is 2. The summed E-state index contributed by atoms with van der Waals surface area (Å²) >= 11 is 0. The van der Waals surface area contributed by atoms with Crippen LogP contribution in [0.15, 0.2) is 36.4 Å². The Bertz CT molecular complexity index is 567. The molecule has 0 saturated carbocycles. The van der Waals surface area contributed by atoms with Crippen LogP contribution in [-0.4, -0.2) is 7.11 Å². The topological polar surface area (TPSA) is 44.5 Å². The minimum Gasteiger partial charge on any atom is -0.496 e. The molecule has 5 heteroatoms. The van der Waals surface area contributed by atoms with Gasteiger partial charge in [-0.1, -0.05) is 0 Å². The second kappa shape index (κ2) is 5.56. The van der Waals surface area contributed by atoms with Gasteiger partial charge in [-0.3, -0.25) is 0 Å². The Balaban J connectivity index is 2.16. The molecule has 0 heterocycles. The molecule has 0 bridgehead atoms. The summed E-state index contributed by atoms with van der Waals surface area (Å²) in [4.78, 5) is 0. The lowest BCUT2D eigenvalue weighted by Crippen LogP contribution is -2.00. The van der Waals surface area contributed by atoms with Gasteiger partial charge >= 0.3 is 0 Å². The van der Waals surface area contributed by atoms with Gasteiger partial charge in [0.05, 0.1) is 7.11 Å². The number of rotatable bonds is 4. The molecule has 0 aliphatic heterocycles. The van der Waals surface area contributed by atoms with Crippen molar-refractivity contribution < 1.29 is 18.3 Å². The molecule has 0 unspecified atom stereocenters. The van der Waals surface area contributed by atoms with Crippen molar-refractivity contribution in [2.75, 3.05) is 12.8 Å². The lowest BCUT2D eigenvalue weighted by molar-refractivity contribution is 0.294. The summed E-state index contributed by atoms with van der Waals surface area (Å²) in [5.74, 6) is -0.655. The summed E-state index contributed by atoms with van der Waals surface area (Å²) in [5, 5.41) is 0. The highest BCUT2D eigenvalue weighted by molar-refractivity contribution is 5.47. The van der Waals surface area contributed by atoms with E-state index in [1.54, 1.807) is 18.2 Å². The molecule has 19 heavy (non-hydrogen) atoms. The summed E-state index contributed by atoms with van der Waals surface area (Å²) < 4.78 is 36.5. The van der Waals surface area contributed by atoms with Gasteiger partial charge in [-0.25, -0.2) is 8.78 Å². The zero-order valence-corrected chi connectivity index (χ0v) is 10.3. The van der Waals surface area contributed by atoms with E-state index in [0.29, 0.717) is 17.0 Å². The third-order valence-corrected chi connectivity index (χ3v) is 2.53. The van der Waals surface area contributed by atoms with E-state index in [0.717, 1.165) is 18.2 Å². The van der Waals surface area contributed by atoms with Crippen LogP contribution in [-0.2, 0) is 6.61 Å². The van der Waals surface area contributed by atoms with Crippen LogP contribution in [0.4, 0.5) is 14.5 Å². The first-order chi connectivity index (χ1) is 9.08. The number of nitrogens with two attached hydrogens (primary N) is 1. The zero-order valence-electron chi connectivity index (χ0n) is 10.3. The molecule has 0 aliphatic rings. The maximum absolute atomic E-state index is 13.0. The lowest BCUT2D eigenvalue weighted by atomic mass is 10.2. The molecule has 0 amide bonds. The number of nitrogen functional groups attached to an aromatic ring is 1. The maximum Gasteiger partial charge on any atom is 0.129 e. The average Bonchev–Trinajstić information content (AvgIpc) is 2.35. The average molecular weight is 265 g/mol.